The number of aromatic amines is 1. The van der Waals surface area contributed by atoms with E-state index in [2.05, 4.69) is 11.2 Å². The van der Waals surface area contributed by atoms with Crippen molar-refractivity contribution in [3.63, 3.8) is 0 Å². The van der Waals surface area contributed by atoms with Crippen molar-refractivity contribution < 1.29 is 14.3 Å². The minimum absolute atomic E-state index is 0.137. The van der Waals surface area contributed by atoms with Gasteiger partial charge in [0.05, 0.1) is 17.7 Å². The SMILES string of the molecule is N#CC(Cc1ccc(-n2nc(C(=O)O)c(=O)[nH]c2=O)cc1Cl)c1ccc(F)cc1. The van der Waals surface area contributed by atoms with E-state index in [9.17, 15) is 24.0 Å². The van der Waals surface area contributed by atoms with Gasteiger partial charge in [-0.25, -0.2) is 14.0 Å². The molecular weight excluding hydrogens is 403 g/mol. The number of carboxylic acid groups (broad SMARTS) is 1. The molecule has 29 heavy (non-hydrogen) atoms. The Morgan fingerprint density at radius 3 is 2.55 bits per heavy atom. The number of aromatic carboxylic acids is 1. The number of H-pyrrole nitrogens is 1. The van der Waals surface area contributed by atoms with E-state index in [0.29, 0.717) is 15.8 Å². The van der Waals surface area contributed by atoms with Crippen molar-refractivity contribution in [2.24, 2.45) is 0 Å². The van der Waals surface area contributed by atoms with Crippen LogP contribution >= 0.6 is 11.6 Å². The van der Waals surface area contributed by atoms with Gasteiger partial charge in [-0.05, 0) is 41.8 Å². The lowest BCUT2D eigenvalue weighted by molar-refractivity contribution is 0.0685. The number of nitrogens with zero attached hydrogens (tertiary/aromatic N) is 3. The Balaban J connectivity index is 1.95. The van der Waals surface area contributed by atoms with E-state index in [1.54, 1.807) is 6.07 Å². The topological polar surface area (TPSA) is 129 Å². The molecule has 1 aromatic heterocycles. The molecule has 0 spiro atoms. The summed E-state index contributed by atoms with van der Waals surface area (Å²) in [5, 5.41) is 22.2. The summed E-state index contributed by atoms with van der Waals surface area (Å²) in [5.74, 6) is -2.57. The number of hydrogen-bond donors (Lipinski definition) is 2. The first-order chi connectivity index (χ1) is 13.8. The number of benzene rings is 2. The van der Waals surface area contributed by atoms with Crippen molar-refractivity contribution in [3.8, 4) is 11.8 Å². The van der Waals surface area contributed by atoms with Crippen LogP contribution in [0.3, 0.4) is 0 Å². The van der Waals surface area contributed by atoms with Crippen LogP contribution in [0.15, 0.2) is 52.1 Å². The maximum absolute atomic E-state index is 13.1. The molecule has 1 atom stereocenters. The normalized spacial score (nSPS) is 11.6. The van der Waals surface area contributed by atoms with E-state index in [4.69, 9.17) is 16.7 Å². The van der Waals surface area contributed by atoms with Crippen LogP contribution in [-0.4, -0.2) is 25.8 Å². The van der Waals surface area contributed by atoms with E-state index in [1.165, 1.54) is 36.4 Å². The second-order valence-electron chi connectivity index (χ2n) is 6.04. The van der Waals surface area contributed by atoms with Crippen molar-refractivity contribution in [2.75, 3.05) is 0 Å². The number of carbonyl (C=O) groups is 1. The van der Waals surface area contributed by atoms with Gasteiger partial charge in [0.25, 0.3) is 5.56 Å². The van der Waals surface area contributed by atoms with E-state index in [1.807, 2.05) is 4.98 Å². The highest BCUT2D eigenvalue weighted by Gasteiger charge is 2.17. The summed E-state index contributed by atoms with van der Waals surface area (Å²) in [5.41, 5.74) is -1.54. The van der Waals surface area contributed by atoms with Gasteiger partial charge < -0.3 is 5.11 Å². The van der Waals surface area contributed by atoms with Crippen molar-refractivity contribution in [3.05, 3.63) is 91.0 Å². The van der Waals surface area contributed by atoms with Crippen molar-refractivity contribution in [1.29, 1.82) is 5.26 Å². The number of rotatable bonds is 5. The number of carboxylic acids is 1. The summed E-state index contributed by atoms with van der Waals surface area (Å²) < 4.78 is 13.8. The molecule has 0 fully saturated rings. The van der Waals surface area contributed by atoms with Gasteiger partial charge >= 0.3 is 11.7 Å². The first-order valence-electron chi connectivity index (χ1n) is 8.21. The molecule has 0 aliphatic carbocycles. The number of halogens is 2. The summed E-state index contributed by atoms with van der Waals surface area (Å²) in [6.07, 6.45) is 0.232. The molecule has 0 saturated carbocycles. The van der Waals surface area contributed by atoms with Crippen LogP contribution in [0, 0.1) is 17.1 Å². The zero-order chi connectivity index (χ0) is 21.1. The van der Waals surface area contributed by atoms with Gasteiger partial charge in [-0.2, -0.15) is 15.0 Å². The average molecular weight is 415 g/mol. The monoisotopic (exact) mass is 414 g/mol. The molecule has 10 heteroatoms. The average Bonchev–Trinajstić information content (AvgIpc) is 2.68. The Morgan fingerprint density at radius 1 is 1.28 bits per heavy atom. The number of aromatic nitrogens is 3. The molecule has 0 aliphatic rings. The smallest absolute Gasteiger partial charge is 0.362 e. The highest BCUT2D eigenvalue weighted by molar-refractivity contribution is 6.31. The summed E-state index contributed by atoms with van der Waals surface area (Å²) in [6.45, 7) is 0. The van der Waals surface area contributed by atoms with E-state index in [0.717, 1.165) is 0 Å². The van der Waals surface area contributed by atoms with Gasteiger partial charge in [-0.3, -0.25) is 9.78 Å². The number of nitrogens with one attached hydrogen (secondary N) is 1. The maximum Gasteiger partial charge on any atom is 0.362 e. The third-order valence-corrected chi connectivity index (χ3v) is 4.52. The first-order valence-corrected chi connectivity index (χ1v) is 8.58. The predicted molar refractivity (Wildman–Crippen MR) is 101 cm³/mol. The van der Waals surface area contributed by atoms with Crippen LogP contribution in [0.4, 0.5) is 4.39 Å². The standard InChI is InChI=1S/C19H12ClFN4O4/c20-15-8-14(25-19(29)23-17(26)16(24-25)18(27)28)6-3-11(15)7-12(9-22)10-1-4-13(21)5-2-10/h1-6,8,12H,7H2,(H,27,28)(H,23,26,29). The quantitative estimate of drug-likeness (QED) is 0.658. The van der Waals surface area contributed by atoms with E-state index < -0.39 is 34.6 Å². The van der Waals surface area contributed by atoms with Crippen molar-refractivity contribution in [1.82, 2.24) is 14.8 Å². The highest BCUT2D eigenvalue weighted by Crippen LogP contribution is 2.26. The predicted octanol–water partition coefficient (Wildman–Crippen LogP) is 2.26. The lowest BCUT2D eigenvalue weighted by Crippen LogP contribution is -2.35. The maximum atomic E-state index is 13.1. The Hall–Kier alpha value is -3.77. The molecule has 3 aromatic rings. The Morgan fingerprint density at radius 2 is 1.97 bits per heavy atom. The fourth-order valence-electron chi connectivity index (χ4n) is 2.70. The van der Waals surface area contributed by atoms with Gasteiger partial charge in [0.2, 0.25) is 5.69 Å². The van der Waals surface area contributed by atoms with Gasteiger partial charge in [0.15, 0.2) is 0 Å². The van der Waals surface area contributed by atoms with Crippen LogP contribution in [0.5, 0.6) is 0 Å². The van der Waals surface area contributed by atoms with Gasteiger partial charge in [-0.15, -0.1) is 0 Å². The third kappa shape index (κ3) is 4.23. The van der Waals surface area contributed by atoms with Crippen LogP contribution in [0.25, 0.3) is 5.69 Å². The number of hydrogen-bond acceptors (Lipinski definition) is 5. The van der Waals surface area contributed by atoms with E-state index >= 15 is 0 Å². The molecular formula is C19H12ClFN4O4. The number of nitriles is 1. The van der Waals surface area contributed by atoms with Gasteiger partial charge in [0.1, 0.15) is 5.82 Å². The molecule has 2 N–H and O–H groups in total. The van der Waals surface area contributed by atoms with Crippen molar-refractivity contribution in [2.45, 2.75) is 12.3 Å². The van der Waals surface area contributed by atoms with Gasteiger partial charge in [-0.1, -0.05) is 29.8 Å². The zero-order valence-electron chi connectivity index (χ0n) is 14.6. The summed E-state index contributed by atoms with van der Waals surface area (Å²) in [4.78, 5) is 36.4. The zero-order valence-corrected chi connectivity index (χ0v) is 15.4. The molecule has 0 radical (unpaired) electrons. The lowest BCUT2D eigenvalue weighted by Gasteiger charge is -2.12. The molecule has 0 amide bonds. The molecule has 8 nitrogen and oxygen atoms in total. The molecule has 1 unspecified atom stereocenters. The molecule has 0 aliphatic heterocycles. The van der Waals surface area contributed by atoms with Crippen LogP contribution in [0.2, 0.25) is 5.02 Å². The lowest BCUT2D eigenvalue weighted by atomic mass is 9.93. The largest absolute Gasteiger partial charge is 0.476 e. The summed E-state index contributed by atoms with van der Waals surface area (Å²) in [7, 11) is 0. The molecule has 1 heterocycles. The second-order valence-corrected chi connectivity index (χ2v) is 6.45. The highest BCUT2D eigenvalue weighted by atomic mass is 35.5. The fraction of sp³-hybridized carbons (Fsp3) is 0.105. The molecule has 3 rings (SSSR count). The minimum Gasteiger partial charge on any atom is -0.476 e. The summed E-state index contributed by atoms with van der Waals surface area (Å²) >= 11 is 6.28. The molecule has 2 aromatic carbocycles. The molecule has 146 valence electrons. The Labute approximate surface area is 167 Å². The van der Waals surface area contributed by atoms with Crippen LogP contribution < -0.4 is 11.2 Å². The van der Waals surface area contributed by atoms with Crippen molar-refractivity contribution >= 4 is 17.6 Å². The van der Waals surface area contributed by atoms with Gasteiger partial charge in [0, 0.05) is 5.02 Å². The third-order valence-electron chi connectivity index (χ3n) is 4.16. The summed E-state index contributed by atoms with van der Waals surface area (Å²) in [6, 6.07) is 12.1. The first kappa shape index (κ1) is 20.0. The Bertz CT molecular complexity index is 1240. The molecule has 0 saturated heterocycles. The minimum atomic E-state index is -1.58. The second kappa shape index (κ2) is 8.08. The van der Waals surface area contributed by atoms with E-state index in [-0.39, 0.29) is 17.1 Å². The fourth-order valence-corrected chi connectivity index (χ4v) is 2.95. The van der Waals surface area contributed by atoms with Crippen LogP contribution in [-0.2, 0) is 6.42 Å². The molecule has 0 bridgehead atoms. The van der Waals surface area contributed by atoms with Crippen LogP contribution in [0.1, 0.15) is 27.5 Å². The Kier molecular flexibility index (Phi) is 5.57.